The van der Waals surface area contributed by atoms with E-state index in [0.29, 0.717) is 12.6 Å². The second-order valence-electron chi connectivity index (χ2n) is 16.8. The molecule has 2 unspecified atom stereocenters. The van der Waals surface area contributed by atoms with Gasteiger partial charge in [0.2, 0.25) is 6.54 Å². The van der Waals surface area contributed by atoms with Crippen molar-refractivity contribution in [3.63, 3.8) is 0 Å². The number of hydrogen-bond donors (Lipinski definition) is 0. The molecule has 0 aromatic heterocycles. The van der Waals surface area contributed by atoms with E-state index in [-0.39, 0.29) is 129 Å². The third kappa shape index (κ3) is 7.11. The molecule has 4 bridgehead atoms. The van der Waals surface area contributed by atoms with E-state index in [1.54, 1.807) is 0 Å². The van der Waals surface area contributed by atoms with E-state index in [1.165, 1.54) is 51.4 Å². The molecule has 11 heteroatoms. The number of hydrogen-bond acceptors (Lipinski definition) is 9. The first-order valence-corrected chi connectivity index (χ1v) is 19.9. The zero-order valence-electron chi connectivity index (χ0n) is 30.5. The van der Waals surface area contributed by atoms with Crippen LogP contribution < -0.4 is 51.4 Å². The smallest absolute Gasteiger partial charge is 0.512 e. The first kappa shape index (κ1) is 38.6. The van der Waals surface area contributed by atoms with E-state index < -0.39 is 0 Å². The number of fused-ring (bicyclic) bond motifs is 6. The van der Waals surface area contributed by atoms with Crippen LogP contribution in [0.15, 0.2) is 0 Å². The van der Waals surface area contributed by atoms with Crippen molar-refractivity contribution in [2.45, 2.75) is 226 Å². The molecule has 6 saturated heterocycles. The van der Waals surface area contributed by atoms with Crippen LogP contribution in [0.25, 0.3) is 4.85 Å². The summed E-state index contributed by atoms with van der Waals surface area (Å²) in [6.07, 6.45) is 24.9. The van der Waals surface area contributed by atoms with Crippen molar-refractivity contribution < 1.29 is 89.3 Å². The first-order chi connectivity index (χ1) is 23.9. The summed E-state index contributed by atoms with van der Waals surface area (Å²) in [7, 11) is 0. The maximum absolute atomic E-state index is 7.02. The zero-order valence-corrected chi connectivity index (χ0v) is 33.6. The summed E-state index contributed by atoms with van der Waals surface area (Å²) in [5.41, 5.74) is -0.284. The standard InChI is InChI=1S/C19H27NO4.C19H30O4.CN.K/c1-20-10-7-13-5-6-16-18(22-13)11-14(21-16)17-15(12-18)23-19(24-17)8-3-2-4-9-19;1-2-6-13-7-8-16-18(21-13)11-14(20-16)17-15(12-18)22-19(23-17)9-4-3-5-10-19;1-2;/h13-17H,2-12H2;13-17H,2-12H2,1H3;;/q;;-1;+1/t13-,14-,15-,16+,17?,18-;13-,14+,15+,16-,17?,18+;;/m10../s1. The Morgan fingerprint density at radius 1 is 0.580 bits per heavy atom. The van der Waals surface area contributed by atoms with Crippen molar-refractivity contribution in [3.8, 4) is 0 Å². The summed E-state index contributed by atoms with van der Waals surface area (Å²) in [4.78, 5) is 3.50. The van der Waals surface area contributed by atoms with Crippen LogP contribution in [0.5, 0.6) is 0 Å². The molecule has 50 heavy (non-hydrogen) atoms. The summed E-state index contributed by atoms with van der Waals surface area (Å²) < 4.78 is 52.0. The van der Waals surface area contributed by atoms with Crippen LogP contribution in [0.3, 0.4) is 0 Å². The minimum atomic E-state index is -0.342. The predicted molar refractivity (Wildman–Crippen MR) is 177 cm³/mol. The fourth-order valence-corrected chi connectivity index (χ4v) is 11.6. The minimum Gasteiger partial charge on any atom is -0.512 e. The van der Waals surface area contributed by atoms with E-state index in [9.17, 15) is 0 Å². The van der Waals surface area contributed by atoms with Crippen molar-refractivity contribution in [2.75, 3.05) is 6.54 Å². The third-order valence-electron chi connectivity index (χ3n) is 13.6. The second kappa shape index (κ2) is 15.8. The summed E-state index contributed by atoms with van der Waals surface area (Å²) >= 11 is 0. The molecule has 10 aliphatic rings. The van der Waals surface area contributed by atoms with Gasteiger partial charge >= 0.3 is 51.4 Å². The van der Waals surface area contributed by atoms with Gasteiger partial charge in [-0.3, -0.25) is 0 Å². The van der Waals surface area contributed by atoms with Gasteiger partial charge in [-0.15, -0.1) is 0 Å². The van der Waals surface area contributed by atoms with E-state index in [1.807, 2.05) is 0 Å². The summed E-state index contributed by atoms with van der Waals surface area (Å²) in [6.45, 7) is 14.6. The number of nitrogens with zero attached hydrogens (tertiary/aromatic N) is 2. The maximum Gasteiger partial charge on any atom is 1.00 e. The summed E-state index contributed by atoms with van der Waals surface area (Å²) in [6, 6.07) is 0. The average molecular weight is 721 g/mol. The first-order valence-electron chi connectivity index (χ1n) is 19.9. The van der Waals surface area contributed by atoms with Gasteiger partial charge in [0.05, 0.1) is 60.0 Å². The molecule has 4 aliphatic carbocycles. The molecule has 4 saturated carbocycles. The van der Waals surface area contributed by atoms with Crippen molar-refractivity contribution in [1.82, 2.24) is 0 Å². The molecule has 0 aromatic carbocycles. The van der Waals surface area contributed by atoms with Gasteiger partial charge in [0.15, 0.2) is 11.6 Å². The molecule has 6 heterocycles. The van der Waals surface area contributed by atoms with Crippen LogP contribution in [0.4, 0.5) is 0 Å². The Hall–Kier alpha value is 0.296. The van der Waals surface area contributed by atoms with Crippen molar-refractivity contribution in [3.05, 3.63) is 18.0 Å². The van der Waals surface area contributed by atoms with E-state index in [0.717, 1.165) is 83.5 Å². The minimum absolute atomic E-state index is 0. The average Bonchev–Trinajstić information content (AvgIpc) is 3.84. The quantitative estimate of drug-likeness (QED) is 0.315. The molecule has 272 valence electrons. The van der Waals surface area contributed by atoms with Crippen molar-refractivity contribution in [1.29, 1.82) is 5.26 Å². The number of rotatable bonds is 4. The third-order valence-corrected chi connectivity index (χ3v) is 13.6. The van der Waals surface area contributed by atoms with Gasteiger partial charge in [-0.05, 0) is 57.8 Å². The molecule has 6 aliphatic heterocycles. The van der Waals surface area contributed by atoms with Gasteiger partial charge in [-0.25, -0.2) is 6.57 Å². The molecule has 10 rings (SSSR count). The number of ether oxygens (including phenoxy) is 8. The molecule has 0 amide bonds. The fraction of sp³-hybridized carbons (Fsp3) is 0.949. The Morgan fingerprint density at radius 3 is 1.46 bits per heavy atom. The van der Waals surface area contributed by atoms with Crippen LogP contribution >= 0.6 is 0 Å². The molecular formula is C39H57KN2O8. The molecule has 10 nitrogen and oxygen atoms in total. The van der Waals surface area contributed by atoms with Crippen LogP contribution in [0.2, 0.25) is 0 Å². The van der Waals surface area contributed by atoms with Gasteiger partial charge < -0.3 is 54.6 Å². The molecule has 0 N–H and O–H groups in total. The van der Waals surface area contributed by atoms with E-state index in [2.05, 4.69) is 11.8 Å². The van der Waals surface area contributed by atoms with Crippen LogP contribution in [0.1, 0.15) is 142 Å². The second-order valence-corrected chi connectivity index (χ2v) is 16.8. The Balaban J connectivity index is 0.000000147. The zero-order chi connectivity index (χ0) is 33.7. The molecule has 12 atom stereocenters. The normalized spacial score (nSPS) is 46.8. The van der Waals surface area contributed by atoms with E-state index >= 15 is 0 Å². The maximum atomic E-state index is 7.02. The Kier molecular flexibility index (Phi) is 12.2. The van der Waals surface area contributed by atoms with Crippen LogP contribution in [-0.2, 0) is 37.9 Å². The molecule has 10 fully saturated rings. The Morgan fingerprint density at radius 2 is 1.02 bits per heavy atom. The summed E-state index contributed by atoms with van der Waals surface area (Å²) in [5.74, 6) is -0.642. The molecule has 0 aromatic rings. The molecular weight excluding hydrogens is 664 g/mol. The Labute approximate surface area is 341 Å². The van der Waals surface area contributed by atoms with Gasteiger partial charge in [0, 0.05) is 57.8 Å². The van der Waals surface area contributed by atoms with Gasteiger partial charge in [0.25, 0.3) is 0 Å². The Bertz CT molecular complexity index is 1240. The monoisotopic (exact) mass is 720 g/mol. The molecule has 0 radical (unpaired) electrons. The fourth-order valence-electron chi connectivity index (χ4n) is 11.6. The summed E-state index contributed by atoms with van der Waals surface area (Å²) in [5, 5.41) is 6.25. The topological polar surface area (TPSA) is 102 Å². The van der Waals surface area contributed by atoms with Crippen molar-refractivity contribution in [2.24, 2.45) is 0 Å². The largest absolute Gasteiger partial charge is 1.00 e. The SMILES string of the molecule is CCC[C@H]1CC[C@@H]2O[C@@H]3C[C@]2(C[C@H]2OC4(CCCCC4)OC32)O1.[C-]#N.[C-]#[N+]CC[C@H]1CC[C@@H]2O[C@@H]3C[C@]2(C[C@H]2OC4(CCCCC4)OC32)O1.[K+]. The van der Waals surface area contributed by atoms with Crippen molar-refractivity contribution >= 4 is 0 Å². The van der Waals surface area contributed by atoms with Crippen LogP contribution in [0, 0.1) is 18.4 Å². The van der Waals surface area contributed by atoms with Crippen LogP contribution in [-0.4, -0.2) is 90.4 Å². The molecule has 4 spiro atoms. The predicted octanol–water partition coefficient (Wildman–Crippen LogP) is 4.03. The van der Waals surface area contributed by atoms with E-state index in [4.69, 9.17) is 56.3 Å². The van der Waals surface area contributed by atoms with Gasteiger partial charge in [0.1, 0.15) is 12.2 Å². The van der Waals surface area contributed by atoms with Gasteiger partial charge in [-0.1, -0.05) is 26.2 Å². The van der Waals surface area contributed by atoms with Gasteiger partial charge in [-0.2, -0.15) is 0 Å².